The number of nitrogens with zero attached hydrogens (tertiary/aromatic N) is 3. The number of nitrogens with one attached hydrogen (secondary N) is 4. The molecule has 73 heavy (non-hydrogen) atoms. The van der Waals surface area contributed by atoms with Crippen molar-refractivity contribution >= 4 is 47.2 Å². The fourth-order valence-corrected chi connectivity index (χ4v) is 7.63. The Hall–Kier alpha value is -4.78. The van der Waals surface area contributed by atoms with Gasteiger partial charge in [0.25, 0.3) is 0 Å². The van der Waals surface area contributed by atoms with Crippen molar-refractivity contribution in [2.75, 3.05) is 59.5 Å². The lowest BCUT2D eigenvalue weighted by Gasteiger charge is -2.51. The standard InChI is InChI=1S/C46H79N7O20/c1-28(2)44(64)70-26-19-33-43(63)46(65,69-6)42(50-30(4)54)45(72-33)73-41-39(62)38(61)29(3)71-40(41)32(56)27-47-20-9-7-12-24-52(67)36(59)17-15-34(57)48-21-10-8-13-25-53(68)37(60)18-16-35(58)49-22-11-14-23-51(66)31(5)55/h29,33,38-43,45,47,61-63,65-68H,1,7-27H2,2-6H3,(H,48,57)(H,49,58)(H,50,54)/t29?,33?,38?,39-,40?,41+,42?,43-,45+,46-/m1/s1. The van der Waals surface area contributed by atoms with Gasteiger partial charge in [0.1, 0.15) is 36.6 Å². The van der Waals surface area contributed by atoms with Gasteiger partial charge in [0.2, 0.25) is 41.2 Å². The van der Waals surface area contributed by atoms with Gasteiger partial charge < -0.3 is 65.4 Å². The Bertz CT molecular complexity index is 1810. The van der Waals surface area contributed by atoms with Crippen molar-refractivity contribution in [3.8, 4) is 0 Å². The molecule has 2 fully saturated rings. The molecule has 5 unspecified atom stereocenters. The van der Waals surface area contributed by atoms with E-state index < -0.39 is 102 Å². The van der Waals surface area contributed by atoms with Gasteiger partial charge >= 0.3 is 5.97 Å². The summed E-state index contributed by atoms with van der Waals surface area (Å²) in [6.45, 7) is 9.15. The van der Waals surface area contributed by atoms with Crippen LogP contribution < -0.4 is 21.3 Å². The quantitative estimate of drug-likeness (QED) is 0.00834. The lowest BCUT2D eigenvalue weighted by molar-refractivity contribution is -0.377. The van der Waals surface area contributed by atoms with Crippen molar-refractivity contribution in [2.45, 2.75) is 172 Å². The number of hydrogen-bond acceptors (Lipinski definition) is 21. The van der Waals surface area contributed by atoms with Crippen molar-refractivity contribution in [3.05, 3.63) is 12.2 Å². The summed E-state index contributed by atoms with van der Waals surface area (Å²) in [4.78, 5) is 97.6. The Morgan fingerprint density at radius 3 is 1.74 bits per heavy atom. The van der Waals surface area contributed by atoms with E-state index in [1.807, 2.05) is 0 Å². The molecular weight excluding hydrogens is 971 g/mol. The van der Waals surface area contributed by atoms with Crippen LogP contribution in [0.15, 0.2) is 12.2 Å². The van der Waals surface area contributed by atoms with Gasteiger partial charge in [-0.1, -0.05) is 13.0 Å². The second-order valence-corrected chi connectivity index (χ2v) is 18.0. The molecule has 2 rings (SSSR count). The van der Waals surface area contributed by atoms with Crippen LogP contribution in [0, 0.1) is 0 Å². The monoisotopic (exact) mass is 1050 g/mol. The number of carbonyl (C=O) groups is 8. The molecule has 2 aliphatic heterocycles. The average Bonchev–Trinajstić information content (AvgIpc) is 3.34. The number of esters is 1. The van der Waals surface area contributed by atoms with Crippen LogP contribution in [0.2, 0.25) is 0 Å². The van der Waals surface area contributed by atoms with E-state index in [4.69, 9.17) is 23.7 Å². The highest BCUT2D eigenvalue weighted by Gasteiger charge is 2.59. The van der Waals surface area contributed by atoms with Crippen LogP contribution in [-0.2, 0) is 62.0 Å². The minimum atomic E-state index is -2.57. The summed E-state index contributed by atoms with van der Waals surface area (Å²) < 4.78 is 28.1. The van der Waals surface area contributed by atoms with E-state index in [0.29, 0.717) is 79.6 Å². The van der Waals surface area contributed by atoms with E-state index in [-0.39, 0.29) is 82.9 Å². The number of methoxy groups -OCH3 is 1. The SMILES string of the molecule is C=C(C)C(=O)OCCC1O[C@@H](O[C@@H]2C(C(=O)CNCCCCCN(O)C(=O)CCC(=O)NCCCCCN(O)C(=O)CCC(=O)NCCCCN(O)C(C)=O)OC(C)C(O)[C@H]2O)C(NC(C)=O)[C@@](O)(OC)[C@@H]1O. The van der Waals surface area contributed by atoms with Crippen LogP contribution in [0.4, 0.5) is 0 Å². The van der Waals surface area contributed by atoms with Crippen LogP contribution in [0.3, 0.4) is 0 Å². The van der Waals surface area contributed by atoms with Gasteiger partial charge in [-0.25, -0.2) is 20.0 Å². The molecule has 2 aliphatic rings. The largest absolute Gasteiger partial charge is 0.462 e. The third kappa shape index (κ3) is 22.3. The first-order valence-corrected chi connectivity index (χ1v) is 24.5. The van der Waals surface area contributed by atoms with Gasteiger partial charge in [0.15, 0.2) is 12.1 Å². The first-order chi connectivity index (χ1) is 34.4. The Balaban J connectivity index is 1.71. The molecule has 6 amide bonds. The predicted octanol–water partition coefficient (Wildman–Crippen LogP) is -1.94. The summed E-state index contributed by atoms with van der Waals surface area (Å²) in [6, 6.07) is -1.66. The summed E-state index contributed by atoms with van der Waals surface area (Å²) >= 11 is 0. The van der Waals surface area contributed by atoms with Gasteiger partial charge in [-0.3, -0.25) is 49.2 Å². The lowest BCUT2D eigenvalue weighted by Crippen LogP contribution is -2.73. The number of aliphatic hydroxyl groups excluding tert-OH is 3. The molecule has 0 aliphatic carbocycles. The maximum atomic E-state index is 13.6. The fourth-order valence-electron chi connectivity index (χ4n) is 7.63. The van der Waals surface area contributed by atoms with Crippen molar-refractivity contribution < 1.29 is 98.1 Å². The van der Waals surface area contributed by atoms with Crippen LogP contribution in [0.5, 0.6) is 0 Å². The van der Waals surface area contributed by atoms with Crippen molar-refractivity contribution in [2.24, 2.45) is 0 Å². The minimum Gasteiger partial charge on any atom is -0.462 e. The van der Waals surface area contributed by atoms with E-state index in [9.17, 15) is 74.4 Å². The number of unbranched alkanes of at least 4 members (excludes halogenated alkanes) is 5. The van der Waals surface area contributed by atoms with Gasteiger partial charge in [0.05, 0.1) is 25.4 Å². The molecule has 2 saturated heterocycles. The first kappa shape index (κ1) is 64.3. The summed E-state index contributed by atoms with van der Waals surface area (Å²) in [5, 5.41) is 86.4. The average molecular weight is 1050 g/mol. The molecule has 0 radical (unpaired) electrons. The normalized spacial score (nSPS) is 24.7. The van der Waals surface area contributed by atoms with Gasteiger partial charge in [-0.15, -0.1) is 0 Å². The first-order valence-electron chi connectivity index (χ1n) is 24.5. The number of hydroxylamine groups is 6. The zero-order valence-corrected chi connectivity index (χ0v) is 42.5. The molecule has 0 bridgehead atoms. The summed E-state index contributed by atoms with van der Waals surface area (Å²) in [5.41, 5.74) is 0.110. The summed E-state index contributed by atoms with van der Waals surface area (Å²) in [6.07, 6.45) is -9.41. The molecule has 418 valence electrons. The highest BCUT2D eigenvalue weighted by Crippen LogP contribution is 2.35. The van der Waals surface area contributed by atoms with E-state index in [2.05, 4.69) is 27.8 Å². The number of ketones is 1. The zero-order valence-electron chi connectivity index (χ0n) is 42.5. The highest BCUT2D eigenvalue weighted by molar-refractivity contribution is 5.87. The topological polar surface area (TPSA) is 382 Å². The minimum absolute atomic E-state index is 0.0162. The number of Topliss-reactive ketones (excluding diaryl/α,β-unsaturated/α-hetero) is 1. The number of rotatable bonds is 34. The van der Waals surface area contributed by atoms with Gasteiger partial charge in [-0.05, 0) is 65.3 Å². The third-order valence-corrected chi connectivity index (χ3v) is 12.0. The molecule has 11 N–H and O–H groups in total. The Morgan fingerprint density at radius 1 is 0.699 bits per heavy atom. The van der Waals surface area contributed by atoms with E-state index in [1.165, 1.54) is 20.8 Å². The second kappa shape index (κ2) is 33.2. The van der Waals surface area contributed by atoms with E-state index >= 15 is 0 Å². The van der Waals surface area contributed by atoms with Crippen molar-refractivity contribution in [1.82, 2.24) is 36.5 Å². The zero-order chi connectivity index (χ0) is 54.8. The Morgan fingerprint density at radius 2 is 1.22 bits per heavy atom. The number of carbonyl (C=O) groups excluding carboxylic acids is 8. The van der Waals surface area contributed by atoms with Crippen molar-refractivity contribution in [1.29, 1.82) is 0 Å². The number of aliphatic hydroxyl groups is 4. The molecule has 0 saturated carbocycles. The smallest absolute Gasteiger partial charge is 0.333 e. The van der Waals surface area contributed by atoms with E-state index in [1.54, 1.807) is 0 Å². The third-order valence-electron chi connectivity index (χ3n) is 12.0. The predicted molar refractivity (Wildman–Crippen MR) is 251 cm³/mol. The molecule has 0 spiro atoms. The van der Waals surface area contributed by atoms with Crippen LogP contribution in [0.1, 0.15) is 111 Å². The lowest BCUT2D eigenvalue weighted by atomic mass is 9.89. The fraction of sp³-hybridized carbons (Fsp3) is 0.783. The Labute approximate surface area is 424 Å². The number of hydrogen-bond donors (Lipinski definition) is 11. The van der Waals surface area contributed by atoms with Gasteiger partial charge in [0, 0.05) is 91.4 Å². The number of amides is 6. The van der Waals surface area contributed by atoms with E-state index in [0.717, 1.165) is 14.0 Å². The molecule has 0 aromatic rings. The summed E-state index contributed by atoms with van der Waals surface area (Å²) in [7, 11) is 1.05. The molecule has 27 nitrogen and oxygen atoms in total. The van der Waals surface area contributed by atoms with Crippen LogP contribution in [-0.4, -0.2) is 219 Å². The summed E-state index contributed by atoms with van der Waals surface area (Å²) in [5.74, 6) is -7.12. The maximum absolute atomic E-state index is 13.6. The Kier molecular flexibility index (Phi) is 29.3. The number of ether oxygens (including phenoxy) is 5. The molecular formula is C46H79N7O20. The highest BCUT2D eigenvalue weighted by atomic mass is 16.7. The molecule has 27 heteroatoms. The maximum Gasteiger partial charge on any atom is 0.333 e. The van der Waals surface area contributed by atoms with Gasteiger partial charge in [-0.2, -0.15) is 0 Å². The molecule has 0 aromatic carbocycles. The van der Waals surface area contributed by atoms with Crippen molar-refractivity contribution in [3.63, 3.8) is 0 Å². The van der Waals surface area contributed by atoms with Crippen LogP contribution >= 0.6 is 0 Å². The molecule has 0 aromatic heterocycles. The molecule has 10 atom stereocenters. The molecule has 2 heterocycles. The second-order valence-electron chi connectivity index (χ2n) is 18.0. The van der Waals surface area contributed by atoms with Crippen LogP contribution in [0.25, 0.3) is 0 Å².